The summed E-state index contributed by atoms with van der Waals surface area (Å²) in [6.45, 7) is 2.53. The van der Waals surface area contributed by atoms with Gasteiger partial charge in [-0.1, -0.05) is 41.4 Å². The van der Waals surface area contributed by atoms with Crippen molar-refractivity contribution in [2.75, 3.05) is 30.3 Å². The minimum Gasteiger partial charge on any atom is -0.494 e. The number of carbonyl (C=O) groups is 1. The number of amides is 1. The molecule has 0 saturated carbocycles. The van der Waals surface area contributed by atoms with Gasteiger partial charge in [0.2, 0.25) is 15.9 Å². The Hall–Kier alpha value is -1.96. The molecule has 0 aliphatic carbocycles. The maximum atomic E-state index is 12.3. The summed E-state index contributed by atoms with van der Waals surface area (Å²) in [6, 6.07) is 12.2. The molecule has 0 saturated heterocycles. The lowest BCUT2D eigenvalue weighted by molar-refractivity contribution is -0.119. The lowest BCUT2D eigenvalue weighted by atomic mass is 10.1. The van der Waals surface area contributed by atoms with Gasteiger partial charge < -0.3 is 10.1 Å². The van der Waals surface area contributed by atoms with Crippen LogP contribution in [0.25, 0.3) is 0 Å². The molecule has 2 aromatic carbocycles. The van der Waals surface area contributed by atoms with Gasteiger partial charge in [0.25, 0.3) is 0 Å². The van der Waals surface area contributed by atoms with Crippen molar-refractivity contribution < 1.29 is 17.9 Å². The van der Waals surface area contributed by atoms with Gasteiger partial charge in [0.05, 0.1) is 23.6 Å². The third-order valence-electron chi connectivity index (χ3n) is 4.08. The Kier molecular flexibility index (Phi) is 8.61. The fourth-order valence-electron chi connectivity index (χ4n) is 2.76. The highest BCUT2D eigenvalue weighted by Gasteiger charge is 2.23. The monoisotopic (exact) mass is 458 g/mol. The average molecular weight is 459 g/mol. The number of aryl methyl sites for hydroxylation is 1. The molecule has 0 atom stereocenters. The van der Waals surface area contributed by atoms with Crippen molar-refractivity contribution in [1.82, 2.24) is 5.32 Å². The van der Waals surface area contributed by atoms with Crippen LogP contribution in [0, 0.1) is 0 Å². The van der Waals surface area contributed by atoms with E-state index in [0.29, 0.717) is 24.6 Å². The molecular formula is C20H24Cl2N2O4S. The zero-order valence-electron chi connectivity index (χ0n) is 16.3. The fraction of sp³-hybridized carbons (Fsp3) is 0.350. The van der Waals surface area contributed by atoms with Crippen molar-refractivity contribution in [1.29, 1.82) is 0 Å². The number of ether oxygens (including phenoxy) is 1. The molecular weight excluding hydrogens is 435 g/mol. The summed E-state index contributed by atoms with van der Waals surface area (Å²) in [5.74, 6) is 0.407. The van der Waals surface area contributed by atoms with E-state index in [1.165, 1.54) is 12.1 Å². The summed E-state index contributed by atoms with van der Waals surface area (Å²) >= 11 is 12.1. The van der Waals surface area contributed by atoms with Gasteiger partial charge in [0.15, 0.2) is 0 Å². The normalized spacial score (nSPS) is 11.2. The van der Waals surface area contributed by atoms with Crippen LogP contribution in [-0.2, 0) is 21.2 Å². The van der Waals surface area contributed by atoms with Crippen molar-refractivity contribution >= 4 is 44.8 Å². The zero-order valence-corrected chi connectivity index (χ0v) is 18.6. The number of sulfonamides is 1. The number of nitrogens with zero attached hydrogens (tertiary/aromatic N) is 1. The highest BCUT2D eigenvalue weighted by molar-refractivity contribution is 7.92. The van der Waals surface area contributed by atoms with E-state index in [1.54, 1.807) is 6.07 Å². The topological polar surface area (TPSA) is 75.7 Å². The van der Waals surface area contributed by atoms with E-state index in [4.69, 9.17) is 27.9 Å². The number of para-hydroxylation sites is 1. The SMILES string of the molecule is CCOc1ccccc1CCCNC(=O)CN(c1cc(Cl)ccc1Cl)S(C)(=O)=O. The van der Waals surface area contributed by atoms with Gasteiger partial charge in [-0.15, -0.1) is 0 Å². The molecule has 0 fully saturated rings. The third-order valence-corrected chi connectivity index (χ3v) is 5.76. The molecule has 0 bridgehead atoms. The van der Waals surface area contributed by atoms with Crippen LogP contribution in [0.1, 0.15) is 18.9 Å². The van der Waals surface area contributed by atoms with E-state index < -0.39 is 15.9 Å². The Morgan fingerprint density at radius 2 is 1.90 bits per heavy atom. The van der Waals surface area contributed by atoms with E-state index in [1.807, 2.05) is 31.2 Å². The Morgan fingerprint density at radius 3 is 2.59 bits per heavy atom. The van der Waals surface area contributed by atoms with Crippen LogP contribution < -0.4 is 14.4 Å². The molecule has 1 amide bonds. The van der Waals surface area contributed by atoms with Crippen molar-refractivity contribution in [2.45, 2.75) is 19.8 Å². The quantitative estimate of drug-likeness (QED) is 0.547. The highest BCUT2D eigenvalue weighted by atomic mass is 35.5. The standard InChI is InChI=1S/C20H24Cl2N2O4S/c1-3-28-19-9-5-4-7-15(19)8-6-12-23-20(25)14-24(29(2,26)27)18-13-16(21)10-11-17(18)22/h4-5,7,9-11,13H,3,6,8,12,14H2,1-2H3,(H,23,25). The van der Waals surface area contributed by atoms with Gasteiger partial charge >= 0.3 is 0 Å². The molecule has 9 heteroatoms. The first kappa shape index (κ1) is 23.3. The van der Waals surface area contributed by atoms with E-state index in [-0.39, 0.29) is 17.3 Å². The Labute approximate surface area is 181 Å². The Balaban J connectivity index is 1.95. The maximum absolute atomic E-state index is 12.3. The van der Waals surface area contributed by atoms with Gasteiger partial charge in [0, 0.05) is 11.6 Å². The predicted octanol–water partition coefficient (Wildman–Crippen LogP) is 3.91. The first-order chi connectivity index (χ1) is 13.7. The van der Waals surface area contributed by atoms with Crippen LogP contribution in [0.4, 0.5) is 5.69 Å². The first-order valence-electron chi connectivity index (χ1n) is 9.12. The molecule has 0 aliphatic rings. The molecule has 29 heavy (non-hydrogen) atoms. The van der Waals surface area contributed by atoms with E-state index >= 15 is 0 Å². The van der Waals surface area contributed by atoms with Crippen molar-refractivity contribution in [3.8, 4) is 5.75 Å². The Bertz CT molecular complexity index is 951. The van der Waals surface area contributed by atoms with Crippen LogP contribution in [0.3, 0.4) is 0 Å². The molecule has 2 rings (SSSR count). The second-order valence-corrected chi connectivity index (χ2v) is 9.11. The summed E-state index contributed by atoms with van der Waals surface area (Å²) in [5, 5.41) is 3.27. The fourth-order valence-corrected chi connectivity index (χ4v) is 4.05. The van der Waals surface area contributed by atoms with Crippen LogP contribution in [-0.4, -0.2) is 40.3 Å². The number of anilines is 1. The summed E-state index contributed by atoms with van der Waals surface area (Å²) in [7, 11) is -3.72. The van der Waals surface area contributed by atoms with Crippen molar-refractivity contribution in [3.05, 3.63) is 58.1 Å². The minimum atomic E-state index is -3.72. The molecule has 0 aromatic heterocycles. The molecule has 1 N–H and O–H groups in total. The minimum absolute atomic E-state index is 0.169. The molecule has 2 aromatic rings. The summed E-state index contributed by atoms with van der Waals surface area (Å²) in [4.78, 5) is 12.3. The summed E-state index contributed by atoms with van der Waals surface area (Å²) in [5.41, 5.74) is 1.23. The molecule has 158 valence electrons. The van der Waals surface area contributed by atoms with Crippen molar-refractivity contribution in [2.24, 2.45) is 0 Å². The molecule has 0 unspecified atom stereocenters. The number of nitrogens with one attached hydrogen (secondary N) is 1. The third kappa shape index (κ3) is 7.10. The van der Waals surface area contributed by atoms with Crippen LogP contribution in [0.2, 0.25) is 10.0 Å². The Morgan fingerprint density at radius 1 is 1.17 bits per heavy atom. The molecule has 0 spiro atoms. The largest absolute Gasteiger partial charge is 0.494 e. The summed E-state index contributed by atoms with van der Waals surface area (Å²) in [6.07, 6.45) is 2.43. The van der Waals surface area contributed by atoms with Crippen LogP contribution in [0.5, 0.6) is 5.75 Å². The zero-order chi connectivity index (χ0) is 21.4. The molecule has 0 radical (unpaired) electrons. The van der Waals surface area contributed by atoms with Crippen LogP contribution >= 0.6 is 23.2 Å². The molecule has 0 heterocycles. The number of halogens is 2. The van der Waals surface area contributed by atoms with Gasteiger partial charge in [-0.3, -0.25) is 9.10 Å². The average Bonchev–Trinajstić information content (AvgIpc) is 2.66. The molecule has 0 aliphatic heterocycles. The van der Waals surface area contributed by atoms with Gasteiger partial charge in [-0.05, 0) is 49.6 Å². The number of carbonyl (C=O) groups excluding carboxylic acids is 1. The van der Waals surface area contributed by atoms with Gasteiger partial charge in [-0.2, -0.15) is 0 Å². The number of benzene rings is 2. The van der Waals surface area contributed by atoms with Crippen LogP contribution in [0.15, 0.2) is 42.5 Å². The highest BCUT2D eigenvalue weighted by Crippen LogP contribution is 2.30. The number of rotatable bonds is 10. The first-order valence-corrected chi connectivity index (χ1v) is 11.7. The summed E-state index contributed by atoms with van der Waals surface area (Å²) < 4.78 is 30.9. The predicted molar refractivity (Wildman–Crippen MR) is 118 cm³/mol. The lowest BCUT2D eigenvalue weighted by Gasteiger charge is -2.23. The van der Waals surface area contributed by atoms with E-state index in [9.17, 15) is 13.2 Å². The van der Waals surface area contributed by atoms with Gasteiger partial charge in [0.1, 0.15) is 12.3 Å². The van der Waals surface area contributed by atoms with E-state index in [0.717, 1.165) is 28.3 Å². The van der Waals surface area contributed by atoms with Gasteiger partial charge in [-0.25, -0.2) is 8.42 Å². The lowest BCUT2D eigenvalue weighted by Crippen LogP contribution is -2.40. The second kappa shape index (κ2) is 10.7. The second-order valence-electron chi connectivity index (χ2n) is 6.36. The smallest absolute Gasteiger partial charge is 0.240 e. The van der Waals surface area contributed by atoms with Crippen molar-refractivity contribution in [3.63, 3.8) is 0 Å². The molecule has 6 nitrogen and oxygen atoms in total. The van der Waals surface area contributed by atoms with E-state index in [2.05, 4.69) is 5.32 Å². The maximum Gasteiger partial charge on any atom is 0.240 e. The number of hydrogen-bond acceptors (Lipinski definition) is 4. The number of hydrogen-bond donors (Lipinski definition) is 1.